The van der Waals surface area contributed by atoms with Gasteiger partial charge in [0, 0.05) is 28.7 Å². The molecule has 0 radical (unpaired) electrons. The van der Waals surface area contributed by atoms with Gasteiger partial charge in [-0.3, -0.25) is 9.59 Å². The highest BCUT2D eigenvalue weighted by Gasteiger charge is 2.48. The Morgan fingerprint density at radius 3 is 2.57 bits per heavy atom. The van der Waals surface area contributed by atoms with Gasteiger partial charge in [0.15, 0.2) is 0 Å². The van der Waals surface area contributed by atoms with Crippen LogP contribution in [0.15, 0.2) is 48.5 Å². The molecule has 7 rings (SSSR count). The lowest BCUT2D eigenvalue weighted by atomic mass is 9.70. The topological polar surface area (TPSA) is 141 Å². The Labute approximate surface area is 253 Å². The molecule has 11 heteroatoms. The number of nitrogens with one attached hydrogen (secondary N) is 1. The lowest BCUT2D eigenvalue weighted by Gasteiger charge is -2.41. The summed E-state index contributed by atoms with van der Waals surface area (Å²) >= 11 is 0. The van der Waals surface area contributed by atoms with Crippen molar-refractivity contribution in [3.8, 4) is 22.9 Å². The van der Waals surface area contributed by atoms with Crippen LogP contribution in [0.2, 0.25) is 0 Å². The van der Waals surface area contributed by atoms with Crippen molar-refractivity contribution in [3.63, 3.8) is 0 Å². The molecular weight excluding hydrogens is 565 g/mol. The van der Waals surface area contributed by atoms with E-state index in [0.29, 0.717) is 39.9 Å². The highest BCUT2D eigenvalue weighted by atomic mass is 19.1. The largest absolute Gasteiger partial charge is 0.489 e. The molecule has 10 nitrogen and oxygen atoms in total. The lowest BCUT2D eigenvalue weighted by molar-refractivity contribution is -0.123. The molecule has 2 aliphatic carbocycles. The number of aromatic nitrogens is 3. The van der Waals surface area contributed by atoms with Crippen LogP contribution in [0.4, 0.5) is 4.39 Å². The fourth-order valence-electron chi connectivity index (χ4n) is 6.20. The minimum Gasteiger partial charge on any atom is -0.489 e. The van der Waals surface area contributed by atoms with Crippen LogP contribution in [0.25, 0.3) is 16.8 Å². The highest BCUT2D eigenvalue weighted by molar-refractivity contribution is 5.96. The normalized spacial score (nSPS) is 20.8. The third-order valence-electron chi connectivity index (χ3n) is 9.49. The number of fused-ring (bicyclic) bond motifs is 2. The Balaban J connectivity index is 1.26. The van der Waals surface area contributed by atoms with E-state index in [9.17, 15) is 19.1 Å². The fraction of sp³-hybridized carbons (Fsp3) is 0.394. The molecule has 2 atom stereocenters. The average Bonchev–Trinajstić information content (AvgIpc) is 3.65. The predicted molar refractivity (Wildman–Crippen MR) is 159 cm³/mol. The molecule has 0 spiro atoms. The number of ether oxygens (including phenoxy) is 2. The van der Waals surface area contributed by atoms with E-state index in [0.717, 1.165) is 43.3 Å². The summed E-state index contributed by atoms with van der Waals surface area (Å²) in [5.74, 6) is -0.318. The Morgan fingerprint density at radius 1 is 1.18 bits per heavy atom. The Kier molecular flexibility index (Phi) is 6.61. The van der Waals surface area contributed by atoms with Crippen LogP contribution >= 0.6 is 0 Å². The second kappa shape index (κ2) is 10.3. The van der Waals surface area contributed by atoms with Gasteiger partial charge in [-0.2, -0.15) is 5.10 Å². The summed E-state index contributed by atoms with van der Waals surface area (Å²) in [4.78, 5) is 31.1. The Bertz CT molecular complexity index is 1800. The molecule has 2 saturated carbocycles. The first-order valence-electron chi connectivity index (χ1n) is 14.9. The molecular formula is C33H34FN5O5. The number of methoxy groups -OCH3 is 1. The van der Waals surface area contributed by atoms with Gasteiger partial charge < -0.3 is 25.6 Å². The first-order valence-corrected chi connectivity index (χ1v) is 14.9. The van der Waals surface area contributed by atoms with E-state index in [2.05, 4.69) is 10.4 Å². The van der Waals surface area contributed by atoms with Gasteiger partial charge in [-0.1, -0.05) is 6.42 Å². The first kappa shape index (κ1) is 28.3. The molecule has 3 aliphatic rings. The first-order chi connectivity index (χ1) is 21.1. The van der Waals surface area contributed by atoms with Gasteiger partial charge in [0.1, 0.15) is 34.9 Å². The van der Waals surface area contributed by atoms with E-state index in [1.165, 1.54) is 19.2 Å². The number of benzene rings is 1. The van der Waals surface area contributed by atoms with Gasteiger partial charge in [-0.25, -0.2) is 13.9 Å². The number of hydrogen-bond acceptors (Lipinski definition) is 7. The van der Waals surface area contributed by atoms with Crippen LogP contribution in [-0.2, 0) is 15.8 Å². The van der Waals surface area contributed by atoms with Crippen molar-refractivity contribution >= 4 is 17.3 Å². The molecule has 0 bridgehead atoms. The lowest BCUT2D eigenvalue weighted by Crippen LogP contribution is -2.49. The average molecular weight is 600 g/mol. The molecule has 2 fully saturated rings. The Hall–Kier alpha value is -4.51. The molecule has 2 amide bonds. The van der Waals surface area contributed by atoms with Gasteiger partial charge >= 0.3 is 0 Å². The number of amides is 2. The summed E-state index contributed by atoms with van der Waals surface area (Å²) in [6.45, 7) is 1.58. The standard InChI is InChI=1S/C33H34FN5O5/c1-32(31(35)41)17-44-29-24(32)15-26(37-28(29)19-8-10-22(34)11-9-19)33(42,21-4-3-5-21)16-36-30(40)20-12-23-14-25(18-6-7-18)38-39(23)27(13-20)43-2/h8-15,18,21,42H,3-7,16-17H2,1-2H3,(H2,35,41)(H,36,40)/t32-,33?/m0/s1. The monoisotopic (exact) mass is 599 g/mol. The summed E-state index contributed by atoms with van der Waals surface area (Å²) in [5, 5.41) is 20.0. The van der Waals surface area contributed by atoms with Crippen molar-refractivity contribution < 1.29 is 28.6 Å². The van der Waals surface area contributed by atoms with Crippen LogP contribution < -0.4 is 20.5 Å². The summed E-state index contributed by atoms with van der Waals surface area (Å²) in [7, 11) is 1.53. The van der Waals surface area contributed by atoms with Crippen LogP contribution in [0, 0.1) is 11.7 Å². The Morgan fingerprint density at radius 2 is 1.93 bits per heavy atom. The summed E-state index contributed by atoms with van der Waals surface area (Å²) in [6.07, 6.45) is 4.60. The maximum atomic E-state index is 13.8. The van der Waals surface area contributed by atoms with Crippen molar-refractivity contribution in [2.45, 2.75) is 56.0 Å². The number of primary amides is 1. The molecule has 4 aromatic rings. The molecule has 1 aliphatic heterocycles. The van der Waals surface area contributed by atoms with Crippen LogP contribution in [0.3, 0.4) is 0 Å². The number of hydrogen-bond donors (Lipinski definition) is 3. The third-order valence-corrected chi connectivity index (χ3v) is 9.49. The van der Waals surface area contributed by atoms with E-state index in [1.54, 1.807) is 41.8 Å². The van der Waals surface area contributed by atoms with Crippen LogP contribution in [0.5, 0.6) is 11.6 Å². The van der Waals surface area contributed by atoms with Gasteiger partial charge in [0.05, 0.1) is 30.6 Å². The molecule has 1 aromatic carbocycles. The summed E-state index contributed by atoms with van der Waals surface area (Å²) in [5.41, 5.74) is 6.92. The zero-order chi connectivity index (χ0) is 30.8. The zero-order valence-electron chi connectivity index (χ0n) is 24.6. The quantitative estimate of drug-likeness (QED) is 0.264. The maximum Gasteiger partial charge on any atom is 0.251 e. The number of carbonyl (C=O) groups is 2. The van der Waals surface area contributed by atoms with Crippen LogP contribution in [0.1, 0.15) is 72.3 Å². The van der Waals surface area contributed by atoms with Gasteiger partial charge in [0.25, 0.3) is 5.91 Å². The maximum absolute atomic E-state index is 13.8. The van der Waals surface area contributed by atoms with Gasteiger partial charge in [0.2, 0.25) is 11.8 Å². The number of halogens is 1. The van der Waals surface area contributed by atoms with Gasteiger partial charge in [-0.15, -0.1) is 0 Å². The summed E-state index contributed by atoms with van der Waals surface area (Å²) < 4.78 is 27.0. The number of carbonyl (C=O) groups excluding carboxylic acids is 2. The molecule has 228 valence electrons. The molecule has 3 aromatic heterocycles. The van der Waals surface area contributed by atoms with Crippen molar-refractivity contribution in [2.75, 3.05) is 20.3 Å². The van der Waals surface area contributed by atoms with E-state index in [4.69, 9.17) is 20.2 Å². The number of aliphatic hydroxyl groups is 1. The number of pyridine rings is 2. The number of rotatable bonds is 9. The van der Waals surface area contributed by atoms with Crippen molar-refractivity contribution in [2.24, 2.45) is 11.7 Å². The highest BCUT2D eigenvalue weighted by Crippen LogP contribution is 2.48. The fourth-order valence-corrected chi connectivity index (χ4v) is 6.20. The molecule has 4 N–H and O–H groups in total. The number of nitrogens with zero attached hydrogens (tertiary/aromatic N) is 3. The molecule has 4 heterocycles. The minimum absolute atomic E-state index is 0.0109. The SMILES string of the molecule is COc1cc(C(=O)NCC(O)(c2cc3c(c(-c4ccc(F)cc4)n2)OC[C@]3(C)C(N)=O)C2CCC2)cc2cc(C3CC3)nn12. The van der Waals surface area contributed by atoms with Gasteiger partial charge in [-0.05, 0) is 81.0 Å². The van der Waals surface area contributed by atoms with E-state index < -0.39 is 22.7 Å². The molecule has 44 heavy (non-hydrogen) atoms. The molecule has 0 saturated heterocycles. The predicted octanol–water partition coefficient (Wildman–Crippen LogP) is 3.97. The van der Waals surface area contributed by atoms with E-state index in [-0.39, 0.29) is 30.7 Å². The zero-order valence-corrected chi connectivity index (χ0v) is 24.6. The number of nitrogens with two attached hydrogens (primary N) is 1. The smallest absolute Gasteiger partial charge is 0.251 e. The second-order valence-electron chi connectivity index (χ2n) is 12.4. The van der Waals surface area contributed by atoms with E-state index in [1.807, 2.05) is 6.07 Å². The van der Waals surface area contributed by atoms with Crippen molar-refractivity contribution in [1.82, 2.24) is 19.9 Å². The second-order valence-corrected chi connectivity index (χ2v) is 12.4. The van der Waals surface area contributed by atoms with Crippen LogP contribution in [-0.4, -0.2) is 51.8 Å². The van der Waals surface area contributed by atoms with E-state index >= 15 is 0 Å². The van der Waals surface area contributed by atoms with Crippen molar-refractivity contribution in [1.29, 1.82) is 0 Å². The summed E-state index contributed by atoms with van der Waals surface area (Å²) in [6, 6.07) is 12.8. The van der Waals surface area contributed by atoms with Crippen molar-refractivity contribution in [3.05, 3.63) is 76.9 Å². The molecule has 1 unspecified atom stereocenters. The minimum atomic E-state index is -1.57. The third kappa shape index (κ3) is 4.57.